The molecule has 3 heterocycles. The fourth-order valence-corrected chi connectivity index (χ4v) is 4.80. The molecular weight excluding hydrogens is 505 g/mol. The van der Waals surface area contributed by atoms with Crippen molar-refractivity contribution in [2.45, 2.75) is 18.0 Å². The molecule has 0 saturated carbocycles. The van der Waals surface area contributed by atoms with Crippen molar-refractivity contribution in [3.63, 3.8) is 0 Å². The lowest BCUT2D eigenvalue weighted by Crippen LogP contribution is -2.15. The molecule has 0 unspecified atom stereocenters. The van der Waals surface area contributed by atoms with Crippen molar-refractivity contribution in [2.75, 3.05) is 10.0 Å². The Morgan fingerprint density at radius 3 is 2.57 bits per heavy atom. The van der Waals surface area contributed by atoms with E-state index in [2.05, 4.69) is 30.0 Å². The number of sulfonamides is 1. The summed E-state index contributed by atoms with van der Waals surface area (Å²) in [4.78, 5) is 15.9. The van der Waals surface area contributed by atoms with Gasteiger partial charge in [0.25, 0.3) is 10.0 Å². The number of alkyl halides is 3. The molecule has 0 aliphatic rings. The van der Waals surface area contributed by atoms with Crippen LogP contribution in [0.5, 0.6) is 0 Å². The van der Waals surface area contributed by atoms with Gasteiger partial charge in [-0.25, -0.2) is 18.4 Å². The molecule has 0 aliphatic heterocycles. The topological polar surface area (TPSA) is 113 Å². The van der Waals surface area contributed by atoms with Crippen molar-refractivity contribution >= 4 is 38.4 Å². The Morgan fingerprint density at radius 2 is 1.81 bits per heavy atom. The highest BCUT2D eigenvalue weighted by Gasteiger charge is 2.31. The highest BCUT2D eigenvalue weighted by molar-refractivity contribution is 7.92. The summed E-state index contributed by atoms with van der Waals surface area (Å²) in [5, 5.41) is 3.12. The van der Waals surface area contributed by atoms with Crippen LogP contribution in [0.15, 0.2) is 84.1 Å². The van der Waals surface area contributed by atoms with Gasteiger partial charge in [-0.1, -0.05) is 12.1 Å². The van der Waals surface area contributed by atoms with Crippen molar-refractivity contribution in [3.8, 4) is 11.3 Å². The molecule has 0 spiro atoms. The maximum absolute atomic E-state index is 13.1. The zero-order valence-corrected chi connectivity index (χ0v) is 20.0. The number of anilines is 3. The van der Waals surface area contributed by atoms with E-state index in [1.807, 2.05) is 13.0 Å². The Labute approximate surface area is 209 Å². The van der Waals surface area contributed by atoms with Gasteiger partial charge in [0.05, 0.1) is 27.2 Å². The lowest BCUT2D eigenvalue weighted by molar-refractivity contribution is -0.137. The molecule has 5 rings (SSSR count). The molecule has 37 heavy (non-hydrogen) atoms. The number of aromatic nitrogens is 4. The first kappa shape index (κ1) is 24.3. The minimum Gasteiger partial charge on any atom is -0.358 e. The average molecular weight is 525 g/mol. The summed E-state index contributed by atoms with van der Waals surface area (Å²) < 4.78 is 67.2. The number of rotatable bonds is 6. The SMILES string of the molecule is Cc1ccc(NS(=O)(=O)c2cccc(C(F)(F)F)c2)cc1Nc1nc(-c2cccnc2)c2[nH]ccc2n1. The fraction of sp³-hybridized carbons (Fsp3) is 0.0800. The molecule has 5 aromatic rings. The molecule has 0 fully saturated rings. The summed E-state index contributed by atoms with van der Waals surface area (Å²) in [6.45, 7) is 1.81. The van der Waals surface area contributed by atoms with Gasteiger partial charge < -0.3 is 10.3 Å². The lowest BCUT2D eigenvalue weighted by Gasteiger charge is -2.14. The number of hydrogen-bond acceptors (Lipinski definition) is 6. The van der Waals surface area contributed by atoms with Gasteiger partial charge in [-0.2, -0.15) is 13.2 Å². The smallest absolute Gasteiger partial charge is 0.358 e. The summed E-state index contributed by atoms with van der Waals surface area (Å²) in [6, 6.07) is 13.7. The Bertz CT molecular complexity index is 1700. The monoisotopic (exact) mass is 524 g/mol. The minimum absolute atomic E-state index is 0.153. The summed E-state index contributed by atoms with van der Waals surface area (Å²) in [6.07, 6.45) is 0.422. The van der Waals surface area contributed by atoms with Crippen molar-refractivity contribution in [1.82, 2.24) is 19.9 Å². The number of nitrogens with one attached hydrogen (secondary N) is 3. The van der Waals surface area contributed by atoms with E-state index in [1.165, 1.54) is 12.1 Å². The van der Waals surface area contributed by atoms with Crippen molar-refractivity contribution < 1.29 is 21.6 Å². The van der Waals surface area contributed by atoms with Gasteiger partial charge in [0, 0.05) is 29.8 Å². The maximum atomic E-state index is 13.1. The van der Waals surface area contributed by atoms with Gasteiger partial charge in [0.15, 0.2) is 0 Å². The number of benzene rings is 2. The Hall–Kier alpha value is -4.45. The summed E-state index contributed by atoms with van der Waals surface area (Å²) >= 11 is 0. The quantitative estimate of drug-likeness (QED) is 0.255. The largest absolute Gasteiger partial charge is 0.416 e. The predicted octanol–water partition coefficient (Wildman–Crippen LogP) is 5.89. The van der Waals surface area contributed by atoms with Gasteiger partial charge in [0.1, 0.15) is 5.69 Å². The molecule has 2 aromatic carbocycles. The average Bonchev–Trinajstić information content (AvgIpc) is 3.34. The molecular formula is C25H19F3N6O2S. The fourth-order valence-electron chi connectivity index (χ4n) is 3.71. The molecule has 8 nitrogen and oxygen atoms in total. The van der Waals surface area contributed by atoms with E-state index in [0.29, 0.717) is 23.0 Å². The number of hydrogen-bond donors (Lipinski definition) is 3. The zero-order valence-electron chi connectivity index (χ0n) is 19.2. The molecule has 0 amide bonds. The number of nitrogens with zero attached hydrogens (tertiary/aromatic N) is 3. The van der Waals surface area contributed by atoms with Crippen LogP contribution in [0.3, 0.4) is 0 Å². The van der Waals surface area contributed by atoms with E-state index in [9.17, 15) is 21.6 Å². The van der Waals surface area contributed by atoms with Gasteiger partial charge in [-0.15, -0.1) is 0 Å². The lowest BCUT2D eigenvalue weighted by atomic mass is 10.1. The number of halogens is 3. The molecule has 0 radical (unpaired) electrons. The van der Waals surface area contributed by atoms with Crippen LogP contribution >= 0.6 is 0 Å². The minimum atomic E-state index is -4.66. The first-order valence-electron chi connectivity index (χ1n) is 10.9. The van der Waals surface area contributed by atoms with Crippen LogP contribution in [0.2, 0.25) is 0 Å². The summed E-state index contributed by atoms with van der Waals surface area (Å²) in [5.41, 5.74) is 3.18. The second kappa shape index (κ2) is 9.21. The van der Waals surface area contributed by atoms with Crippen LogP contribution in [0.4, 0.5) is 30.5 Å². The van der Waals surface area contributed by atoms with E-state index in [1.54, 1.807) is 36.8 Å². The number of aryl methyl sites for hydroxylation is 1. The molecule has 0 saturated heterocycles. The predicted molar refractivity (Wildman–Crippen MR) is 134 cm³/mol. The number of fused-ring (bicyclic) bond motifs is 1. The third kappa shape index (κ3) is 5.09. The van der Waals surface area contributed by atoms with E-state index in [0.717, 1.165) is 34.8 Å². The Morgan fingerprint density at radius 1 is 0.973 bits per heavy atom. The zero-order chi connectivity index (χ0) is 26.2. The molecule has 3 aromatic heterocycles. The van der Waals surface area contributed by atoms with Crippen molar-refractivity contribution in [2.24, 2.45) is 0 Å². The van der Waals surface area contributed by atoms with E-state index < -0.39 is 26.7 Å². The Kier molecular flexibility index (Phi) is 6.04. The highest BCUT2D eigenvalue weighted by Crippen LogP contribution is 2.32. The first-order valence-corrected chi connectivity index (χ1v) is 12.4. The summed E-state index contributed by atoms with van der Waals surface area (Å²) in [5.74, 6) is 0.270. The van der Waals surface area contributed by atoms with Crippen LogP contribution in [0, 0.1) is 6.92 Å². The van der Waals surface area contributed by atoms with Crippen LogP contribution in [-0.2, 0) is 16.2 Å². The van der Waals surface area contributed by atoms with Crippen LogP contribution in [0.25, 0.3) is 22.3 Å². The normalized spacial score (nSPS) is 12.0. The van der Waals surface area contributed by atoms with Crippen molar-refractivity contribution in [3.05, 3.63) is 90.4 Å². The number of aromatic amines is 1. The third-order valence-electron chi connectivity index (χ3n) is 5.55. The second-order valence-corrected chi connectivity index (χ2v) is 9.84. The maximum Gasteiger partial charge on any atom is 0.416 e. The van der Waals surface area contributed by atoms with Gasteiger partial charge >= 0.3 is 6.18 Å². The third-order valence-corrected chi connectivity index (χ3v) is 6.93. The molecule has 0 bridgehead atoms. The van der Waals surface area contributed by atoms with E-state index in [-0.39, 0.29) is 11.6 Å². The van der Waals surface area contributed by atoms with Gasteiger partial charge in [-0.3, -0.25) is 9.71 Å². The van der Waals surface area contributed by atoms with Crippen molar-refractivity contribution in [1.29, 1.82) is 0 Å². The first-order chi connectivity index (χ1) is 17.6. The second-order valence-electron chi connectivity index (χ2n) is 8.16. The molecule has 0 aliphatic carbocycles. The number of pyridine rings is 1. The van der Waals surface area contributed by atoms with Gasteiger partial charge in [0.2, 0.25) is 5.95 Å². The Balaban J connectivity index is 1.46. The van der Waals surface area contributed by atoms with Crippen LogP contribution in [-0.4, -0.2) is 28.4 Å². The van der Waals surface area contributed by atoms with E-state index in [4.69, 9.17) is 0 Å². The van der Waals surface area contributed by atoms with Crippen LogP contribution < -0.4 is 10.0 Å². The standard InChI is InChI=1S/C25H19F3N6O2S/c1-15-7-8-18(34-37(35,36)19-6-2-5-17(12-19)25(26,27)28)13-21(15)32-24-31-20-9-11-30-23(20)22(33-24)16-4-3-10-29-14-16/h2-14,30,34H,1H3,(H,31,32,33). The molecule has 3 N–H and O–H groups in total. The van der Waals surface area contributed by atoms with Crippen LogP contribution in [0.1, 0.15) is 11.1 Å². The molecule has 12 heteroatoms. The highest BCUT2D eigenvalue weighted by atomic mass is 32.2. The summed E-state index contributed by atoms with van der Waals surface area (Å²) in [7, 11) is -4.28. The van der Waals surface area contributed by atoms with E-state index >= 15 is 0 Å². The molecule has 0 atom stereocenters. The molecule has 188 valence electrons. The van der Waals surface area contributed by atoms with Gasteiger partial charge in [-0.05, 0) is 61.0 Å². The number of H-pyrrole nitrogens is 1.